The van der Waals surface area contributed by atoms with Crippen molar-refractivity contribution >= 4 is 34.8 Å². The Hall–Kier alpha value is -4.22. The number of allylic oxidation sites excluding steroid dienone is 3. The molecule has 2 bridgehead atoms. The van der Waals surface area contributed by atoms with Crippen molar-refractivity contribution < 1.29 is 38.1 Å². The molecule has 1 saturated carbocycles. The lowest BCUT2D eigenvalue weighted by molar-refractivity contribution is -0.151. The van der Waals surface area contributed by atoms with E-state index in [0.29, 0.717) is 29.6 Å². The quantitative estimate of drug-likeness (QED) is 0.535. The molecule has 1 saturated heterocycles. The van der Waals surface area contributed by atoms with E-state index in [1.54, 1.807) is 58.0 Å². The minimum absolute atomic E-state index is 0.0667. The Morgan fingerprint density at radius 2 is 1.93 bits per heavy atom. The number of nitrogens with zero attached hydrogens (tertiary/aromatic N) is 3. The highest BCUT2D eigenvalue weighted by Crippen LogP contribution is 2.38. The summed E-state index contributed by atoms with van der Waals surface area (Å²) in [7, 11) is 1.51. The van der Waals surface area contributed by atoms with Crippen molar-refractivity contribution in [3.63, 3.8) is 0 Å². The van der Waals surface area contributed by atoms with Gasteiger partial charge in [-0.15, -0.1) is 0 Å². The normalized spacial score (nSPS) is 30.3. The van der Waals surface area contributed by atoms with E-state index in [1.807, 2.05) is 0 Å². The van der Waals surface area contributed by atoms with Gasteiger partial charge in [-0.3, -0.25) is 4.79 Å². The van der Waals surface area contributed by atoms with Crippen LogP contribution in [0.1, 0.15) is 46.2 Å². The molecule has 42 heavy (non-hydrogen) atoms. The highest BCUT2D eigenvalue weighted by molar-refractivity contribution is 5.91. The molecule has 0 radical (unpaired) electrons. The number of carboxylic acid groups (broad SMARTS) is 1. The van der Waals surface area contributed by atoms with Crippen LogP contribution in [0.3, 0.4) is 0 Å². The standard InChI is InChI=1S/C30H35FN4O7/c1-15-22-14-35(24(15)28(37)38)27(36)25(30(2,3)4)34-29(39)42-21-12-16(21)8-6-7-9-18(31)23-26(41-22)33-20-13-17(40-5)10-11-19(20)32-23/h6-7,9-11,13,15-16,21-22,24-25H,8,12,14H2,1-5H3,(H,34,39)(H,37,38)/b7-6+,18-9-/t15-,16?,21-,22+,24+,25-/m1/s1. The van der Waals surface area contributed by atoms with Gasteiger partial charge in [0.2, 0.25) is 11.8 Å². The van der Waals surface area contributed by atoms with Crippen LogP contribution in [0.15, 0.2) is 36.4 Å². The predicted octanol–water partition coefficient (Wildman–Crippen LogP) is 4.12. The van der Waals surface area contributed by atoms with E-state index >= 15 is 4.39 Å². The van der Waals surface area contributed by atoms with Crippen molar-refractivity contribution in [3.05, 3.63) is 42.1 Å². The van der Waals surface area contributed by atoms with E-state index in [9.17, 15) is 19.5 Å². The first-order valence-electron chi connectivity index (χ1n) is 13.9. The van der Waals surface area contributed by atoms with E-state index in [0.717, 1.165) is 0 Å². The molecule has 1 aliphatic carbocycles. The maximum atomic E-state index is 15.6. The fraction of sp³-hybridized carbons (Fsp3) is 0.500. The number of hydrogen-bond donors (Lipinski definition) is 2. The second kappa shape index (κ2) is 11.2. The molecule has 5 rings (SSSR count). The Balaban J connectivity index is 1.59. The number of methoxy groups -OCH3 is 1. The molecule has 1 unspecified atom stereocenters. The highest BCUT2D eigenvalue weighted by Gasteiger charge is 2.51. The van der Waals surface area contributed by atoms with E-state index in [1.165, 1.54) is 18.1 Å². The number of carboxylic acids is 1. The van der Waals surface area contributed by atoms with Crippen LogP contribution >= 0.6 is 0 Å². The van der Waals surface area contributed by atoms with Crippen molar-refractivity contribution in [2.75, 3.05) is 13.7 Å². The number of aromatic nitrogens is 2. The molecule has 1 aromatic heterocycles. The number of aliphatic carboxylic acids is 1. The van der Waals surface area contributed by atoms with E-state index < -0.39 is 53.3 Å². The summed E-state index contributed by atoms with van der Waals surface area (Å²) < 4.78 is 32.6. The molecule has 2 aromatic rings. The molecule has 2 amide bonds. The molecule has 6 atom stereocenters. The van der Waals surface area contributed by atoms with Crippen LogP contribution in [0.25, 0.3) is 16.9 Å². The summed E-state index contributed by atoms with van der Waals surface area (Å²) in [5, 5.41) is 12.8. The molecule has 11 nitrogen and oxygen atoms in total. The Morgan fingerprint density at radius 3 is 2.62 bits per heavy atom. The Kier molecular flexibility index (Phi) is 7.82. The number of rotatable bonds is 2. The lowest BCUT2D eigenvalue weighted by atomic mass is 9.85. The minimum atomic E-state index is -1.26. The number of fused-ring (bicyclic) bond motifs is 5. The SMILES string of the molecule is COc1ccc2nc3c(nc2c1)O[C@H]1CN(C(=O)[C@H](C(C)(C)C)NC(=O)O[C@@H]2CC2C/C=C/C=C/3F)[C@H](C(=O)O)[C@@H]1C. The highest BCUT2D eigenvalue weighted by atomic mass is 19.1. The Bertz CT molecular complexity index is 1470. The zero-order valence-corrected chi connectivity index (χ0v) is 24.2. The summed E-state index contributed by atoms with van der Waals surface area (Å²) in [5.41, 5.74) is -0.107. The average molecular weight is 583 g/mol. The number of ether oxygens (including phenoxy) is 3. The van der Waals surface area contributed by atoms with E-state index in [-0.39, 0.29) is 30.1 Å². The number of carbonyl (C=O) groups is 3. The summed E-state index contributed by atoms with van der Waals surface area (Å²) in [6.45, 7) is 6.84. The molecular formula is C30H35FN4O7. The molecule has 12 heteroatoms. The minimum Gasteiger partial charge on any atom is -0.497 e. The van der Waals surface area contributed by atoms with Crippen molar-refractivity contribution in [1.29, 1.82) is 0 Å². The number of amides is 2. The zero-order chi connectivity index (χ0) is 30.3. The first-order chi connectivity index (χ1) is 19.9. The van der Waals surface area contributed by atoms with E-state index in [4.69, 9.17) is 14.2 Å². The van der Waals surface area contributed by atoms with Crippen molar-refractivity contribution in [1.82, 2.24) is 20.2 Å². The van der Waals surface area contributed by atoms with Crippen molar-refractivity contribution in [2.24, 2.45) is 17.3 Å². The van der Waals surface area contributed by atoms with Crippen LogP contribution < -0.4 is 14.8 Å². The second-order valence-electron chi connectivity index (χ2n) is 12.1. The summed E-state index contributed by atoms with van der Waals surface area (Å²) in [4.78, 5) is 49.3. The Labute approximate surface area is 242 Å². The van der Waals surface area contributed by atoms with Gasteiger partial charge in [-0.1, -0.05) is 39.8 Å². The fourth-order valence-corrected chi connectivity index (χ4v) is 5.42. The van der Waals surface area contributed by atoms with Crippen molar-refractivity contribution in [3.8, 4) is 11.6 Å². The maximum absolute atomic E-state index is 15.6. The molecular weight excluding hydrogens is 547 g/mol. The third-order valence-electron chi connectivity index (χ3n) is 7.97. The summed E-state index contributed by atoms with van der Waals surface area (Å²) in [5.74, 6) is -2.77. The van der Waals surface area contributed by atoms with Gasteiger partial charge in [0.05, 0.1) is 24.7 Å². The molecule has 2 N–H and O–H groups in total. The van der Waals surface area contributed by atoms with Crippen LogP contribution in [0.5, 0.6) is 11.6 Å². The van der Waals surface area contributed by atoms with Gasteiger partial charge in [0.15, 0.2) is 11.5 Å². The molecule has 1 aromatic carbocycles. The lowest BCUT2D eigenvalue weighted by Gasteiger charge is -2.34. The van der Waals surface area contributed by atoms with Gasteiger partial charge in [-0.05, 0) is 36.5 Å². The topological polar surface area (TPSA) is 140 Å². The number of carbonyl (C=O) groups excluding carboxylic acids is 2. The fourth-order valence-electron chi connectivity index (χ4n) is 5.42. The van der Waals surface area contributed by atoms with Crippen LogP contribution in [-0.2, 0) is 14.3 Å². The average Bonchev–Trinajstić information content (AvgIpc) is 3.58. The van der Waals surface area contributed by atoms with Gasteiger partial charge in [0.1, 0.15) is 30.0 Å². The largest absolute Gasteiger partial charge is 0.497 e. The van der Waals surface area contributed by atoms with Gasteiger partial charge < -0.3 is 29.5 Å². The van der Waals surface area contributed by atoms with Gasteiger partial charge >= 0.3 is 12.1 Å². The number of hydrogen-bond acceptors (Lipinski definition) is 8. The van der Waals surface area contributed by atoms with Gasteiger partial charge in [0.25, 0.3) is 0 Å². The number of alkyl carbamates (subject to hydrolysis) is 1. The molecule has 2 fully saturated rings. The summed E-state index contributed by atoms with van der Waals surface area (Å²) >= 11 is 0. The first kappa shape index (κ1) is 29.3. The third kappa shape index (κ3) is 5.88. The van der Waals surface area contributed by atoms with Gasteiger partial charge in [0, 0.05) is 17.9 Å². The molecule has 3 heterocycles. The molecule has 0 spiro atoms. The Morgan fingerprint density at radius 1 is 1.17 bits per heavy atom. The van der Waals surface area contributed by atoms with Crippen LogP contribution in [-0.4, -0.2) is 75.9 Å². The number of benzene rings is 1. The van der Waals surface area contributed by atoms with Crippen molar-refractivity contribution in [2.45, 2.75) is 64.8 Å². The first-order valence-corrected chi connectivity index (χ1v) is 13.9. The van der Waals surface area contributed by atoms with Crippen LogP contribution in [0.2, 0.25) is 0 Å². The van der Waals surface area contributed by atoms with Gasteiger partial charge in [-0.2, -0.15) is 0 Å². The monoisotopic (exact) mass is 582 g/mol. The molecule has 3 aliphatic rings. The number of nitrogens with one attached hydrogen (secondary N) is 1. The molecule has 224 valence electrons. The van der Waals surface area contributed by atoms with Crippen LogP contribution in [0, 0.1) is 17.3 Å². The van der Waals surface area contributed by atoms with Gasteiger partial charge in [-0.25, -0.2) is 23.9 Å². The predicted molar refractivity (Wildman–Crippen MR) is 150 cm³/mol. The summed E-state index contributed by atoms with van der Waals surface area (Å²) in [6, 6.07) is 2.64. The number of halogens is 1. The maximum Gasteiger partial charge on any atom is 0.408 e. The van der Waals surface area contributed by atoms with Crippen LogP contribution in [0.4, 0.5) is 9.18 Å². The van der Waals surface area contributed by atoms with E-state index in [2.05, 4.69) is 15.3 Å². The molecule has 2 aliphatic heterocycles. The zero-order valence-electron chi connectivity index (χ0n) is 24.2. The lowest BCUT2D eigenvalue weighted by Crippen LogP contribution is -2.57. The third-order valence-corrected chi connectivity index (χ3v) is 7.97. The summed E-state index contributed by atoms with van der Waals surface area (Å²) in [6.07, 6.45) is 3.85. The smallest absolute Gasteiger partial charge is 0.408 e. The second-order valence-corrected chi connectivity index (χ2v) is 12.1.